The first kappa shape index (κ1) is 16.7. The lowest BCUT2D eigenvalue weighted by Gasteiger charge is -2.21. The van der Waals surface area contributed by atoms with Gasteiger partial charge in [0.05, 0.1) is 4.90 Å². The minimum absolute atomic E-state index is 0.353. The molecule has 20 heavy (non-hydrogen) atoms. The van der Waals surface area contributed by atoms with Crippen LogP contribution in [0.4, 0.5) is 0 Å². The highest BCUT2D eigenvalue weighted by atomic mass is 32.2. The number of sulfonamides is 1. The van der Waals surface area contributed by atoms with E-state index in [1.54, 1.807) is 18.2 Å². The number of hydrogen-bond donors (Lipinski definition) is 0. The first-order valence-corrected chi connectivity index (χ1v) is 8.25. The summed E-state index contributed by atoms with van der Waals surface area (Å²) >= 11 is 0. The molecule has 0 aliphatic rings. The van der Waals surface area contributed by atoms with Crippen LogP contribution in [0.3, 0.4) is 0 Å². The number of unbranched alkanes of at least 4 members (excludes halogenated alkanes) is 1. The van der Waals surface area contributed by atoms with Crippen molar-refractivity contribution in [3.63, 3.8) is 0 Å². The molecule has 0 saturated carbocycles. The van der Waals surface area contributed by atoms with Gasteiger partial charge in [-0.3, -0.25) is 0 Å². The van der Waals surface area contributed by atoms with Crippen molar-refractivity contribution in [3.05, 3.63) is 55.1 Å². The van der Waals surface area contributed by atoms with E-state index in [4.69, 9.17) is 0 Å². The first-order valence-electron chi connectivity index (χ1n) is 6.81. The zero-order valence-electron chi connectivity index (χ0n) is 12.1. The summed E-state index contributed by atoms with van der Waals surface area (Å²) in [5.74, 6) is 0. The third-order valence-corrected chi connectivity index (χ3v) is 4.97. The Bertz CT molecular complexity index is 532. The fourth-order valence-electron chi connectivity index (χ4n) is 1.86. The maximum Gasteiger partial charge on any atom is 0.243 e. The molecule has 0 bridgehead atoms. The third kappa shape index (κ3) is 4.62. The molecule has 3 nitrogen and oxygen atoms in total. The quantitative estimate of drug-likeness (QED) is 0.516. The SMILES string of the molecule is C=CCCCN(CCC=C)S(=O)(=O)c1ccc(C)cc1. The first-order chi connectivity index (χ1) is 9.52. The van der Waals surface area contributed by atoms with Gasteiger partial charge in [-0.1, -0.05) is 29.8 Å². The molecule has 0 N–H and O–H groups in total. The van der Waals surface area contributed by atoms with Crippen molar-refractivity contribution in [2.24, 2.45) is 0 Å². The summed E-state index contributed by atoms with van der Waals surface area (Å²) in [6.07, 6.45) is 5.80. The summed E-state index contributed by atoms with van der Waals surface area (Å²) in [6, 6.07) is 6.97. The van der Waals surface area contributed by atoms with Crippen molar-refractivity contribution in [1.29, 1.82) is 0 Å². The zero-order chi connectivity index (χ0) is 15.0. The molecule has 4 heteroatoms. The fourth-order valence-corrected chi connectivity index (χ4v) is 3.35. The van der Waals surface area contributed by atoms with Crippen LogP contribution in [0.15, 0.2) is 54.5 Å². The standard InChI is InChI=1S/C16H23NO2S/c1-4-6-8-14-17(13-7-5-2)20(18,19)16-11-9-15(3)10-12-16/h4-5,9-12H,1-2,6-8,13-14H2,3H3. The highest BCUT2D eigenvalue weighted by Gasteiger charge is 2.22. The number of benzene rings is 1. The molecule has 0 spiro atoms. The van der Waals surface area contributed by atoms with Crippen molar-refractivity contribution in [3.8, 4) is 0 Å². The van der Waals surface area contributed by atoms with E-state index in [1.165, 1.54) is 4.31 Å². The van der Waals surface area contributed by atoms with E-state index in [1.807, 2.05) is 25.1 Å². The van der Waals surface area contributed by atoms with Crippen LogP contribution in [0.2, 0.25) is 0 Å². The highest BCUT2D eigenvalue weighted by Crippen LogP contribution is 2.17. The minimum Gasteiger partial charge on any atom is -0.207 e. The minimum atomic E-state index is -3.42. The molecule has 1 aromatic carbocycles. The average Bonchev–Trinajstić information content (AvgIpc) is 2.43. The van der Waals surface area contributed by atoms with Gasteiger partial charge in [0.15, 0.2) is 0 Å². The molecule has 0 atom stereocenters. The second-order valence-electron chi connectivity index (χ2n) is 4.73. The predicted octanol–water partition coefficient (Wildman–Crippen LogP) is 3.53. The molecule has 0 amide bonds. The maximum atomic E-state index is 12.6. The highest BCUT2D eigenvalue weighted by molar-refractivity contribution is 7.89. The van der Waals surface area contributed by atoms with Crippen molar-refractivity contribution in [2.45, 2.75) is 31.1 Å². The van der Waals surface area contributed by atoms with Crippen LogP contribution >= 0.6 is 0 Å². The van der Waals surface area contributed by atoms with E-state index in [2.05, 4.69) is 13.2 Å². The summed E-state index contributed by atoms with van der Waals surface area (Å²) in [7, 11) is -3.42. The van der Waals surface area contributed by atoms with E-state index in [0.717, 1.165) is 18.4 Å². The van der Waals surface area contributed by atoms with Gasteiger partial charge < -0.3 is 0 Å². The van der Waals surface area contributed by atoms with E-state index >= 15 is 0 Å². The van der Waals surface area contributed by atoms with Crippen LogP contribution in [-0.2, 0) is 10.0 Å². The number of allylic oxidation sites excluding steroid dienone is 1. The molecule has 110 valence electrons. The molecular weight excluding hydrogens is 270 g/mol. The molecule has 0 aliphatic carbocycles. The zero-order valence-corrected chi connectivity index (χ0v) is 12.9. The van der Waals surface area contributed by atoms with Gasteiger partial charge in [-0.05, 0) is 38.3 Å². The molecule has 1 aromatic rings. The van der Waals surface area contributed by atoms with Gasteiger partial charge in [-0.2, -0.15) is 4.31 Å². The van der Waals surface area contributed by atoms with E-state index < -0.39 is 10.0 Å². The molecule has 0 saturated heterocycles. The molecule has 0 fully saturated rings. The van der Waals surface area contributed by atoms with E-state index in [0.29, 0.717) is 24.4 Å². The van der Waals surface area contributed by atoms with Crippen molar-refractivity contribution >= 4 is 10.0 Å². The van der Waals surface area contributed by atoms with Crippen molar-refractivity contribution < 1.29 is 8.42 Å². The Morgan fingerprint density at radius 1 is 1.05 bits per heavy atom. The van der Waals surface area contributed by atoms with Gasteiger partial charge in [-0.15, -0.1) is 13.2 Å². The smallest absolute Gasteiger partial charge is 0.207 e. The van der Waals surface area contributed by atoms with Gasteiger partial charge in [-0.25, -0.2) is 8.42 Å². The monoisotopic (exact) mass is 293 g/mol. The summed E-state index contributed by atoms with van der Waals surface area (Å²) < 4.78 is 26.7. The molecule has 0 heterocycles. The van der Waals surface area contributed by atoms with Crippen molar-refractivity contribution in [1.82, 2.24) is 4.31 Å². The van der Waals surface area contributed by atoms with Crippen LogP contribution in [-0.4, -0.2) is 25.8 Å². The van der Waals surface area contributed by atoms with Crippen LogP contribution in [0.1, 0.15) is 24.8 Å². The predicted molar refractivity (Wildman–Crippen MR) is 84.2 cm³/mol. The van der Waals surface area contributed by atoms with Crippen LogP contribution in [0, 0.1) is 6.92 Å². The number of hydrogen-bond acceptors (Lipinski definition) is 2. The van der Waals surface area contributed by atoms with Crippen molar-refractivity contribution in [2.75, 3.05) is 13.1 Å². The Morgan fingerprint density at radius 2 is 1.65 bits per heavy atom. The third-order valence-electron chi connectivity index (χ3n) is 3.06. The largest absolute Gasteiger partial charge is 0.243 e. The molecule has 1 rings (SSSR count). The summed E-state index contributed by atoms with van der Waals surface area (Å²) in [5, 5.41) is 0. The molecule has 0 aromatic heterocycles. The average molecular weight is 293 g/mol. The normalized spacial score (nSPS) is 11.5. The van der Waals surface area contributed by atoms with Crippen LogP contribution in [0.5, 0.6) is 0 Å². The summed E-state index contributed by atoms with van der Waals surface area (Å²) in [5.41, 5.74) is 1.05. The summed E-state index contributed by atoms with van der Waals surface area (Å²) in [4.78, 5) is 0.353. The lowest BCUT2D eigenvalue weighted by molar-refractivity contribution is 0.411. The lowest BCUT2D eigenvalue weighted by atomic mass is 10.2. The van der Waals surface area contributed by atoms with E-state index in [9.17, 15) is 8.42 Å². The van der Waals surface area contributed by atoms with Crippen LogP contribution < -0.4 is 0 Å². The number of rotatable bonds is 9. The number of nitrogens with zero attached hydrogens (tertiary/aromatic N) is 1. The molecular formula is C16H23NO2S. The van der Waals surface area contributed by atoms with Gasteiger partial charge >= 0.3 is 0 Å². The number of aryl methyl sites for hydroxylation is 1. The Labute approximate surface area is 122 Å². The van der Waals surface area contributed by atoms with Gasteiger partial charge in [0, 0.05) is 13.1 Å². The van der Waals surface area contributed by atoms with Gasteiger partial charge in [0.2, 0.25) is 10.0 Å². The van der Waals surface area contributed by atoms with Crippen LogP contribution in [0.25, 0.3) is 0 Å². The summed E-state index contributed by atoms with van der Waals surface area (Å²) in [6.45, 7) is 10.2. The Balaban J connectivity index is 2.93. The Morgan fingerprint density at radius 3 is 2.20 bits per heavy atom. The second-order valence-corrected chi connectivity index (χ2v) is 6.66. The van der Waals surface area contributed by atoms with Gasteiger partial charge in [0.25, 0.3) is 0 Å². The Kier molecular flexibility index (Phi) is 6.68. The molecule has 0 aliphatic heterocycles. The van der Waals surface area contributed by atoms with E-state index in [-0.39, 0.29) is 0 Å². The fraction of sp³-hybridized carbons (Fsp3) is 0.375. The van der Waals surface area contributed by atoms with Gasteiger partial charge in [0.1, 0.15) is 0 Å². The Hall–Kier alpha value is -1.39. The lowest BCUT2D eigenvalue weighted by Crippen LogP contribution is -2.32. The second kappa shape index (κ2) is 8.02. The maximum absolute atomic E-state index is 12.6. The molecule has 0 unspecified atom stereocenters. The molecule has 0 radical (unpaired) electrons. The topological polar surface area (TPSA) is 37.4 Å².